The van der Waals surface area contributed by atoms with Gasteiger partial charge in [0.1, 0.15) is 16.5 Å². The highest BCUT2D eigenvalue weighted by Crippen LogP contribution is 2.31. The van der Waals surface area contributed by atoms with E-state index in [-0.39, 0.29) is 24.7 Å². The number of thiophene rings is 1. The van der Waals surface area contributed by atoms with Gasteiger partial charge in [0.05, 0.1) is 18.9 Å². The van der Waals surface area contributed by atoms with Crippen molar-refractivity contribution >= 4 is 39.2 Å². The highest BCUT2D eigenvalue weighted by molar-refractivity contribution is 7.18. The standard InChI is InChI=1S/C18H24N4O3S/c1-4-13-11-14-17(19-12(2)20-18(14)26-13)22-9-7-21(8-10-22)15(23)5-6-16(24)25-3/h11H,4-10H2,1-3H3. The number of hydrogen-bond donors (Lipinski definition) is 0. The number of ether oxygens (including phenoxy) is 1. The van der Waals surface area contributed by atoms with Gasteiger partial charge in [0.25, 0.3) is 0 Å². The van der Waals surface area contributed by atoms with Gasteiger partial charge < -0.3 is 14.5 Å². The van der Waals surface area contributed by atoms with E-state index in [9.17, 15) is 9.59 Å². The highest BCUT2D eigenvalue weighted by atomic mass is 32.1. The van der Waals surface area contributed by atoms with Gasteiger partial charge in [-0.1, -0.05) is 6.92 Å². The molecule has 7 nitrogen and oxygen atoms in total. The van der Waals surface area contributed by atoms with Crippen LogP contribution < -0.4 is 4.90 Å². The van der Waals surface area contributed by atoms with E-state index in [0.717, 1.165) is 41.4 Å². The maximum absolute atomic E-state index is 12.2. The van der Waals surface area contributed by atoms with Crippen molar-refractivity contribution in [3.05, 3.63) is 16.8 Å². The normalized spacial score (nSPS) is 14.7. The minimum atomic E-state index is -0.347. The Kier molecular flexibility index (Phi) is 5.70. The van der Waals surface area contributed by atoms with E-state index >= 15 is 0 Å². The zero-order valence-corrected chi connectivity index (χ0v) is 16.3. The number of anilines is 1. The lowest BCUT2D eigenvalue weighted by Crippen LogP contribution is -2.49. The minimum absolute atomic E-state index is 0.00266. The first-order chi connectivity index (χ1) is 12.5. The first-order valence-electron chi connectivity index (χ1n) is 8.88. The van der Waals surface area contributed by atoms with Crippen molar-refractivity contribution in [1.82, 2.24) is 14.9 Å². The second kappa shape index (κ2) is 7.99. The van der Waals surface area contributed by atoms with Gasteiger partial charge in [-0.2, -0.15) is 0 Å². The van der Waals surface area contributed by atoms with E-state index in [1.807, 2.05) is 11.8 Å². The zero-order valence-electron chi connectivity index (χ0n) is 15.4. The Morgan fingerprint density at radius 2 is 1.92 bits per heavy atom. The molecule has 0 saturated carbocycles. The lowest BCUT2D eigenvalue weighted by atomic mass is 10.2. The van der Waals surface area contributed by atoms with Crippen molar-refractivity contribution in [2.24, 2.45) is 0 Å². The van der Waals surface area contributed by atoms with Crippen LogP contribution in [0.25, 0.3) is 10.2 Å². The number of fused-ring (bicyclic) bond motifs is 1. The fourth-order valence-electron chi connectivity index (χ4n) is 3.11. The molecule has 0 radical (unpaired) electrons. The molecule has 8 heteroatoms. The van der Waals surface area contributed by atoms with E-state index in [1.165, 1.54) is 12.0 Å². The summed E-state index contributed by atoms with van der Waals surface area (Å²) in [6, 6.07) is 2.18. The van der Waals surface area contributed by atoms with Gasteiger partial charge in [-0.3, -0.25) is 9.59 Å². The molecule has 0 aliphatic carbocycles. The van der Waals surface area contributed by atoms with Crippen LogP contribution in [-0.2, 0) is 20.7 Å². The number of carbonyl (C=O) groups excluding carboxylic acids is 2. The fourth-order valence-corrected chi connectivity index (χ4v) is 4.12. The molecule has 140 valence electrons. The number of piperazine rings is 1. The van der Waals surface area contributed by atoms with Gasteiger partial charge in [0.2, 0.25) is 5.91 Å². The number of hydrogen-bond acceptors (Lipinski definition) is 7. The Morgan fingerprint density at radius 1 is 1.19 bits per heavy atom. The van der Waals surface area contributed by atoms with Gasteiger partial charge in [0, 0.05) is 37.5 Å². The number of esters is 1. The fraction of sp³-hybridized carbons (Fsp3) is 0.556. The summed E-state index contributed by atoms with van der Waals surface area (Å²) in [5.74, 6) is 1.39. The van der Waals surface area contributed by atoms with Crippen LogP contribution in [0.3, 0.4) is 0 Å². The molecule has 2 aromatic rings. The molecule has 2 aromatic heterocycles. The third kappa shape index (κ3) is 3.95. The number of methoxy groups -OCH3 is 1. The first-order valence-corrected chi connectivity index (χ1v) is 9.70. The zero-order chi connectivity index (χ0) is 18.7. The molecular weight excluding hydrogens is 352 g/mol. The SMILES string of the molecule is CCc1cc2c(N3CCN(C(=O)CCC(=O)OC)CC3)nc(C)nc2s1. The van der Waals surface area contributed by atoms with Crippen LogP contribution in [-0.4, -0.2) is 60.0 Å². The number of rotatable bonds is 5. The monoisotopic (exact) mass is 376 g/mol. The average molecular weight is 376 g/mol. The molecule has 0 bridgehead atoms. The molecule has 1 saturated heterocycles. The summed E-state index contributed by atoms with van der Waals surface area (Å²) in [6.45, 7) is 6.79. The van der Waals surface area contributed by atoms with E-state index in [4.69, 9.17) is 0 Å². The molecule has 0 unspecified atom stereocenters. The minimum Gasteiger partial charge on any atom is -0.469 e. The molecular formula is C18H24N4O3S. The number of carbonyl (C=O) groups is 2. The number of amides is 1. The van der Waals surface area contributed by atoms with Crippen LogP contribution in [0, 0.1) is 6.92 Å². The Labute approximate surface area is 157 Å². The molecule has 1 aliphatic heterocycles. The molecule has 1 amide bonds. The molecule has 0 atom stereocenters. The largest absolute Gasteiger partial charge is 0.469 e. The van der Waals surface area contributed by atoms with E-state index in [2.05, 4.69) is 32.6 Å². The third-order valence-corrected chi connectivity index (χ3v) is 5.76. The molecule has 26 heavy (non-hydrogen) atoms. The smallest absolute Gasteiger partial charge is 0.306 e. The van der Waals surface area contributed by atoms with E-state index < -0.39 is 0 Å². The first kappa shape index (κ1) is 18.6. The van der Waals surface area contributed by atoms with Crippen molar-refractivity contribution in [3.63, 3.8) is 0 Å². The summed E-state index contributed by atoms with van der Waals surface area (Å²) in [5.41, 5.74) is 0. The summed E-state index contributed by atoms with van der Waals surface area (Å²) >= 11 is 1.72. The van der Waals surface area contributed by atoms with Crippen molar-refractivity contribution in [2.75, 3.05) is 38.2 Å². The summed E-state index contributed by atoms with van der Waals surface area (Å²) in [5, 5.41) is 1.10. The number of nitrogens with zero attached hydrogens (tertiary/aromatic N) is 4. The number of aryl methyl sites for hydroxylation is 2. The molecule has 0 spiro atoms. The molecule has 1 aliphatic rings. The Hall–Kier alpha value is -2.22. The molecule has 0 N–H and O–H groups in total. The molecule has 3 rings (SSSR count). The van der Waals surface area contributed by atoms with E-state index in [0.29, 0.717) is 13.1 Å². The molecule has 3 heterocycles. The quantitative estimate of drug-likeness (QED) is 0.745. The van der Waals surface area contributed by atoms with Crippen LogP contribution in [0.5, 0.6) is 0 Å². The topological polar surface area (TPSA) is 75.6 Å². The predicted octanol–water partition coefficient (Wildman–Crippen LogP) is 2.16. The second-order valence-electron chi connectivity index (χ2n) is 6.32. The Bertz CT molecular complexity index is 812. The highest BCUT2D eigenvalue weighted by Gasteiger charge is 2.24. The van der Waals surface area contributed by atoms with Crippen molar-refractivity contribution in [1.29, 1.82) is 0 Å². The van der Waals surface area contributed by atoms with Crippen LogP contribution in [0.1, 0.15) is 30.5 Å². The average Bonchev–Trinajstić information content (AvgIpc) is 3.08. The van der Waals surface area contributed by atoms with E-state index in [1.54, 1.807) is 11.3 Å². The van der Waals surface area contributed by atoms with Crippen LogP contribution in [0.2, 0.25) is 0 Å². The van der Waals surface area contributed by atoms with Gasteiger partial charge >= 0.3 is 5.97 Å². The van der Waals surface area contributed by atoms with Crippen LogP contribution >= 0.6 is 11.3 Å². The lowest BCUT2D eigenvalue weighted by molar-refractivity contribution is -0.143. The maximum atomic E-state index is 12.2. The summed E-state index contributed by atoms with van der Waals surface area (Å²) in [7, 11) is 1.34. The molecule has 0 aromatic carbocycles. The summed E-state index contributed by atoms with van der Waals surface area (Å²) < 4.78 is 4.60. The maximum Gasteiger partial charge on any atom is 0.306 e. The molecule has 1 fully saturated rings. The Morgan fingerprint density at radius 3 is 2.58 bits per heavy atom. The van der Waals surface area contributed by atoms with Crippen molar-refractivity contribution in [3.8, 4) is 0 Å². The van der Waals surface area contributed by atoms with Gasteiger partial charge in [-0.25, -0.2) is 9.97 Å². The predicted molar refractivity (Wildman–Crippen MR) is 102 cm³/mol. The van der Waals surface area contributed by atoms with Crippen LogP contribution in [0.15, 0.2) is 6.07 Å². The van der Waals surface area contributed by atoms with Crippen molar-refractivity contribution < 1.29 is 14.3 Å². The second-order valence-corrected chi connectivity index (χ2v) is 7.44. The Balaban J connectivity index is 1.68. The lowest BCUT2D eigenvalue weighted by Gasteiger charge is -2.35. The number of aromatic nitrogens is 2. The summed E-state index contributed by atoms with van der Waals surface area (Å²) in [6.07, 6.45) is 1.33. The third-order valence-electron chi connectivity index (χ3n) is 4.59. The van der Waals surface area contributed by atoms with Gasteiger partial charge in [-0.15, -0.1) is 11.3 Å². The summed E-state index contributed by atoms with van der Waals surface area (Å²) in [4.78, 5) is 39.1. The van der Waals surface area contributed by atoms with Gasteiger partial charge in [-0.05, 0) is 19.4 Å². The van der Waals surface area contributed by atoms with Crippen molar-refractivity contribution in [2.45, 2.75) is 33.1 Å². The van der Waals surface area contributed by atoms with Gasteiger partial charge in [0.15, 0.2) is 0 Å². The van der Waals surface area contributed by atoms with Crippen LogP contribution in [0.4, 0.5) is 5.82 Å².